The number of amides is 1. The van der Waals surface area contributed by atoms with Gasteiger partial charge in [-0.2, -0.15) is 5.10 Å². The van der Waals surface area contributed by atoms with E-state index in [2.05, 4.69) is 15.5 Å². The topological polar surface area (TPSA) is 79.8 Å². The zero-order valence-corrected chi connectivity index (χ0v) is 15.3. The number of anilines is 1. The first-order valence-corrected chi connectivity index (χ1v) is 9.71. The Hall–Kier alpha value is -2.37. The van der Waals surface area contributed by atoms with Gasteiger partial charge in [-0.05, 0) is 32.6 Å². The molecule has 4 rings (SSSR count). The van der Waals surface area contributed by atoms with Crippen molar-refractivity contribution in [3.8, 4) is 0 Å². The lowest BCUT2D eigenvalue weighted by Crippen LogP contribution is -2.23. The van der Waals surface area contributed by atoms with Crippen molar-refractivity contribution in [3.63, 3.8) is 0 Å². The predicted molar refractivity (Wildman–Crippen MR) is 101 cm³/mol. The van der Waals surface area contributed by atoms with E-state index < -0.39 is 0 Å². The molecule has 2 heterocycles. The number of carbonyl (C=O) groups is 1. The predicted octanol–water partition coefficient (Wildman–Crippen LogP) is 3.90. The molecule has 0 radical (unpaired) electrons. The summed E-state index contributed by atoms with van der Waals surface area (Å²) in [5, 5.41) is 10.1. The van der Waals surface area contributed by atoms with E-state index in [1.165, 1.54) is 38.5 Å². The summed E-state index contributed by atoms with van der Waals surface area (Å²) >= 11 is 0. The third-order valence-corrected chi connectivity index (χ3v) is 5.60. The lowest BCUT2D eigenvalue weighted by molar-refractivity contribution is 0.102. The van der Waals surface area contributed by atoms with E-state index in [4.69, 9.17) is 0 Å². The van der Waals surface area contributed by atoms with E-state index in [0.717, 1.165) is 24.2 Å². The van der Waals surface area contributed by atoms with Gasteiger partial charge in [0.05, 0.1) is 0 Å². The molecule has 0 bridgehead atoms. The molecule has 2 aliphatic carbocycles. The van der Waals surface area contributed by atoms with Crippen LogP contribution in [0.25, 0.3) is 0 Å². The Balaban J connectivity index is 1.50. The lowest BCUT2D eigenvalue weighted by atomic mass is 9.97. The highest BCUT2D eigenvalue weighted by atomic mass is 16.2. The molecule has 0 spiro atoms. The van der Waals surface area contributed by atoms with E-state index in [1.54, 1.807) is 12.3 Å². The van der Waals surface area contributed by atoms with Crippen LogP contribution in [-0.2, 0) is 0 Å². The largest absolute Gasteiger partial charge is 0.348 e. The van der Waals surface area contributed by atoms with Crippen LogP contribution < -0.4 is 10.7 Å². The molecule has 6 nitrogen and oxygen atoms in total. The van der Waals surface area contributed by atoms with Gasteiger partial charge in [0.25, 0.3) is 5.91 Å². The Morgan fingerprint density at radius 1 is 1.15 bits per heavy atom. The van der Waals surface area contributed by atoms with E-state index >= 15 is 0 Å². The maximum Gasteiger partial charge on any atom is 0.262 e. The molecule has 138 valence electrons. The molecular weight excluding hydrogens is 328 g/mol. The van der Waals surface area contributed by atoms with Crippen LogP contribution in [0.15, 0.2) is 23.1 Å². The molecule has 0 atom stereocenters. The number of nitrogens with one attached hydrogen (secondary N) is 2. The second-order valence-corrected chi connectivity index (χ2v) is 7.68. The molecule has 2 saturated carbocycles. The summed E-state index contributed by atoms with van der Waals surface area (Å²) in [7, 11) is 0. The van der Waals surface area contributed by atoms with Crippen molar-refractivity contribution in [1.82, 2.24) is 14.8 Å². The zero-order valence-electron chi connectivity index (χ0n) is 15.3. The van der Waals surface area contributed by atoms with E-state index in [-0.39, 0.29) is 16.9 Å². The highest BCUT2D eigenvalue weighted by Crippen LogP contribution is 2.35. The number of hydrogen-bond donors (Lipinski definition) is 2. The molecule has 2 aromatic heterocycles. The SMILES string of the molecule is Cc1cc(=O)c(C(=O)Nc2cc(C3CCCCCC3)[nH]n2)cn1C1CC1. The van der Waals surface area contributed by atoms with Crippen LogP contribution in [0, 0.1) is 6.92 Å². The average Bonchev–Trinajstić information content (AvgIpc) is 3.39. The Bertz CT molecular complexity index is 855. The normalized spacial score (nSPS) is 18.5. The zero-order chi connectivity index (χ0) is 18.1. The minimum absolute atomic E-state index is 0.182. The molecule has 0 aromatic carbocycles. The van der Waals surface area contributed by atoms with Gasteiger partial charge in [0.2, 0.25) is 0 Å². The Morgan fingerprint density at radius 3 is 2.58 bits per heavy atom. The highest BCUT2D eigenvalue weighted by Gasteiger charge is 2.26. The summed E-state index contributed by atoms with van der Waals surface area (Å²) in [6.07, 6.45) is 11.3. The number of hydrogen-bond acceptors (Lipinski definition) is 3. The second-order valence-electron chi connectivity index (χ2n) is 7.68. The van der Waals surface area contributed by atoms with Crippen LogP contribution in [0.3, 0.4) is 0 Å². The molecular formula is C20H26N4O2. The molecule has 2 N–H and O–H groups in total. The van der Waals surface area contributed by atoms with Crippen LogP contribution in [0.5, 0.6) is 0 Å². The molecule has 6 heteroatoms. The van der Waals surface area contributed by atoms with Crippen molar-refractivity contribution in [3.05, 3.63) is 45.5 Å². The van der Waals surface area contributed by atoms with Crippen molar-refractivity contribution in [2.24, 2.45) is 0 Å². The number of H-pyrrole nitrogens is 1. The number of nitrogens with zero attached hydrogens (tertiary/aromatic N) is 2. The Kier molecular flexibility index (Phi) is 4.66. The van der Waals surface area contributed by atoms with Gasteiger partial charge in [-0.1, -0.05) is 25.7 Å². The van der Waals surface area contributed by atoms with Gasteiger partial charge in [0.15, 0.2) is 11.2 Å². The minimum atomic E-state index is -0.386. The lowest BCUT2D eigenvalue weighted by Gasteiger charge is -2.11. The molecule has 0 unspecified atom stereocenters. The number of aromatic amines is 1. The van der Waals surface area contributed by atoms with Gasteiger partial charge < -0.3 is 9.88 Å². The molecule has 2 fully saturated rings. The number of aromatic nitrogens is 3. The fourth-order valence-corrected chi connectivity index (χ4v) is 3.95. The third kappa shape index (κ3) is 3.59. The van der Waals surface area contributed by atoms with Crippen molar-refractivity contribution in [1.29, 1.82) is 0 Å². The summed E-state index contributed by atoms with van der Waals surface area (Å²) in [6.45, 7) is 1.91. The van der Waals surface area contributed by atoms with Gasteiger partial charge in [-0.3, -0.25) is 14.7 Å². The average molecular weight is 354 g/mol. The van der Waals surface area contributed by atoms with Crippen LogP contribution in [0.1, 0.15) is 85.1 Å². The molecule has 2 aliphatic rings. The van der Waals surface area contributed by atoms with Crippen LogP contribution >= 0.6 is 0 Å². The summed E-state index contributed by atoms with van der Waals surface area (Å²) in [6, 6.07) is 3.89. The molecule has 1 amide bonds. The van der Waals surface area contributed by atoms with Crippen molar-refractivity contribution < 1.29 is 4.79 Å². The number of aryl methyl sites for hydroxylation is 1. The first-order chi connectivity index (χ1) is 12.6. The fraction of sp³-hybridized carbons (Fsp3) is 0.550. The van der Waals surface area contributed by atoms with E-state index in [1.807, 2.05) is 17.6 Å². The van der Waals surface area contributed by atoms with Crippen LogP contribution in [0.2, 0.25) is 0 Å². The Morgan fingerprint density at radius 2 is 1.88 bits per heavy atom. The van der Waals surface area contributed by atoms with Crippen LogP contribution in [0.4, 0.5) is 5.82 Å². The quantitative estimate of drug-likeness (QED) is 0.817. The summed E-state index contributed by atoms with van der Waals surface area (Å²) in [5.41, 5.74) is 1.93. The molecule has 0 saturated heterocycles. The first-order valence-electron chi connectivity index (χ1n) is 9.71. The fourth-order valence-electron chi connectivity index (χ4n) is 3.95. The maximum absolute atomic E-state index is 12.6. The molecule has 0 aliphatic heterocycles. The Labute approximate surface area is 153 Å². The monoisotopic (exact) mass is 354 g/mol. The van der Waals surface area contributed by atoms with Crippen LogP contribution in [-0.4, -0.2) is 20.7 Å². The maximum atomic E-state index is 12.6. The van der Waals surface area contributed by atoms with Gasteiger partial charge in [-0.25, -0.2) is 0 Å². The van der Waals surface area contributed by atoms with Gasteiger partial charge >= 0.3 is 0 Å². The van der Waals surface area contributed by atoms with E-state index in [9.17, 15) is 9.59 Å². The summed E-state index contributed by atoms with van der Waals surface area (Å²) in [4.78, 5) is 24.9. The van der Waals surface area contributed by atoms with Gasteiger partial charge in [-0.15, -0.1) is 0 Å². The van der Waals surface area contributed by atoms with E-state index in [0.29, 0.717) is 17.8 Å². The summed E-state index contributed by atoms with van der Waals surface area (Å²) < 4.78 is 2.04. The third-order valence-electron chi connectivity index (χ3n) is 5.60. The molecule has 26 heavy (non-hydrogen) atoms. The van der Waals surface area contributed by atoms with Gasteiger partial charge in [0.1, 0.15) is 5.56 Å². The second kappa shape index (κ2) is 7.09. The number of rotatable bonds is 4. The van der Waals surface area contributed by atoms with Crippen molar-refractivity contribution in [2.45, 2.75) is 70.3 Å². The number of carbonyl (C=O) groups excluding carboxylic acids is 1. The smallest absolute Gasteiger partial charge is 0.262 e. The molecule has 2 aromatic rings. The van der Waals surface area contributed by atoms with Gasteiger partial charge in [0, 0.05) is 41.7 Å². The van der Waals surface area contributed by atoms with Crippen molar-refractivity contribution >= 4 is 11.7 Å². The standard InChI is InChI=1S/C20H26N4O2/c1-13-10-18(25)16(12-24(13)15-8-9-15)20(26)21-19-11-17(22-23-19)14-6-4-2-3-5-7-14/h10-12,14-15H,2-9H2,1H3,(H2,21,22,23,26). The highest BCUT2D eigenvalue weighted by molar-refractivity contribution is 6.03. The summed E-state index contributed by atoms with van der Waals surface area (Å²) in [5.74, 6) is 0.595. The number of pyridine rings is 1. The minimum Gasteiger partial charge on any atom is -0.348 e. The van der Waals surface area contributed by atoms with Crippen molar-refractivity contribution in [2.75, 3.05) is 5.32 Å². The first kappa shape index (κ1) is 17.1.